The lowest BCUT2D eigenvalue weighted by molar-refractivity contribution is -0.146. The van der Waals surface area contributed by atoms with Crippen molar-refractivity contribution in [3.63, 3.8) is 0 Å². The number of carbonyl (C=O) groups is 4. The van der Waals surface area contributed by atoms with Crippen LogP contribution in [0.3, 0.4) is 0 Å². The maximum atomic E-state index is 10.5. The first-order chi connectivity index (χ1) is 7.72. The highest BCUT2D eigenvalue weighted by atomic mass is 16.4. The molecule has 0 aromatic rings. The van der Waals surface area contributed by atoms with Crippen molar-refractivity contribution in [1.29, 1.82) is 0 Å². The second-order valence-electron chi connectivity index (χ2n) is 3.30. The molecule has 0 aromatic carbocycles. The molecule has 0 saturated heterocycles. The van der Waals surface area contributed by atoms with Gasteiger partial charge in [0.05, 0.1) is 0 Å². The third-order valence-corrected chi connectivity index (χ3v) is 1.59. The van der Waals surface area contributed by atoms with Gasteiger partial charge >= 0.3 is 11.9 Å². The van der Waals surface area contributed by atoms with Gasteiger partial charge in [-0.25, -0.2) is 0 Å². The van der Waals surface area contributed by atoms with E-state index in [0.29, 0.717) is 0 Å². The van der Waals surface area contributed by atoms with Gasteiger partial charge in [-0.05, 0) is 20.3 Å². The summed E-state index contributed by atoms with van der Waals surface area (Å²) in [6.45, 7) is 5.86. The lowest BCUT2D eigenvalue weighted by Gasteiger charge is -2.02. The highest BCUT2D eigenvalue weighted by Gasteiger charge is 2.19. The van der Waals surface area contributed by atoms with Gasteiger partial charge in [-0.15, -0.1) is 6.58 Å². The van der Waals surface area contributed by atoms with E-state index >= 15 is 0 Å². The summed E-state index contributed by atoms with van der Waals surface area (Å²) in [7, 11) is 0. The quantitative estimate of drug-likeness (QED) is 0.530. The fraction of sp³-hybridized carbons (Fsp3) is 0.455. The van der Waals surface area contributed by atoms with Crippen molar-refractivity contribution >= 4 is 23.5 Å². The van der Waals surface area contributed by atoms with Crippen LogP contribution in [-0.2, 0) is 19.2 Å². The second-order valence-corrected chi connectivity index (χ2v) is 3.30. The van der Waals surface area contributed by atoms with Gasteiger partial charge in [-0.3, -0.25) is 19.2 Å². The summed E-state index contributed by atoms with van der Waals surface area (Å²) in [6, 6.07) is 0. The molecule has 0 rings (SSSR count). The average Bonchev–Trinajstić information content (AvgIpc) is 2.11. The fourth-order valence-corrected chi connectivity index (χ4v) is 0.820. The number of carboxylic acid groups (broad SMARTS) is 2. The molecule has 17 heavy (non-hydrogen) atoms. The van der Waals surface area contributed by atoms with Crippen LogP contribution >= 0.6 is 0 Å². The summed E-state index contributed by atoms with van der Waals surface area (Å²) < 4.78 is 0. The molecule has 0 saturated carbocycles. The highest BCUT2D eigenvalue weighted by molar-refractivity contribution is 5.97. The van der Waals surface area contributed by atoms with Crippen molar-refractivity contribution in [2.24, 2.45) is 5.92 Å². The number of carboxylic acids is 2. The van der Waals surface area contributed by atoms with E-state index in [1.54, 1.807) is 0 Å². The molecular weight excluding hydrogens is 228 g/mol. The molecule has 6 nitrogen and oxygen atoms in total. The Hall–Kier alpha value is -1.98. The minimum Gasteiger partial charge on any atom is -0.481 e. The van der Waals surface area contributed by atoms with Crippen molar-refractivity contribution in [3.05, 3.63) is 12.7 Å². The predicted octanol–water partition coefficient (Wildman–Crippen LogP) is 0.902. The van der Waals surface area contributed by atoms with Crippen molar-refractivity contribution < 1.29 is 29.4 Å². The van der Waals surface area contributed by atoms with E-state index in [0.717, 1.165) is 0 Å². The molecule has 0 aromatic heterocycles. The third-order valence-electron chi connectivity index (χ3n) is 1.59. The Balaban J connectivity index is 0. The third kappa shape index (κ3) is 11.9. The van der Waals surface area contributed by atoms with E-state index in [1.165, 1.54) is 19.9 Å². The van der Waals surface area contributed by atoms with Crippen molar-refractivity contribution in [3.8, 4) is 0 Å². The van der Waals surface area contributed by atoms with Gasteiger partial charge in [0.1, 0.15) is 23.9 Å². The van der Waals surface area contributed by atoms with E-state index in [4.69, 9.17) is 10.2 Å². The van der Waals surface area contributed by atoms with Crippen LogP contribution in [0.1, 0.15) is 26.7 Å². The summed E-state index contributed by atoms with van der Waals surface area (Å²) in [5.41, 5.74) is 0. The summed E-state index contributed by atoms with van der Waals surface area (Å²) in [6.07, 6.45) is 1.28. The Labute approximate surface area is 98.9 Å². The lowest BCUT2D eigenvalue weighted by Crippen LogP contribution is -2.20. The van der Waals surface area contributed by atoms with E-state index in [2.05, 4.69) is 6.58 Å². The van der Waals surface area contributed by atoms with Gasteiger partial charge in [0.15, 0.2) is 0 Å². The molecule has 0 radical (unpaired) electrons. The highest BCUT2D eigenvalue weighted by Crippen LogP contribution is 2.04. The molecule has 1 atom stereocenters. The van der Waals surface area contributed by atoms with E-state index in [-0.39, 0.29) is 24.4 Å². The molecule has 0 fully saturated rings. The van der Waals surface area contributed by atoms with Gasteiger partial charge in [0.2, 0.25) is 0 Å². The number of carbonyl (C=O) groups excluding carboxylic acids is 2. The maximum Gasteiger partial charge on any atom is 0.314 e. The van der Waals surface area contributed by atoms with Crippen molar-refractivity contribution in [1.82, 2.24) is 0 Å². The van der Waals surface area contributed by atoms with Crippen LogP contribution in [-0.4, -0.2) is 33.7 Å². The molecule has 0 bridgehead atoms. The molecule has 96 valence electrons. The Morgan fingerprint density at radius 3 is 1.71 bits per heavy atom. The summed E-state index contributed by atoms with van der Waals surface area (Å²) in [5.74, 6) is -3.68. The number of allylic oxidation sites excluding steroid dienone is 1. The molecule has 0 spiro atoms. The number of aliphatic carboxylic acids is 2. The molecule has 0 heterocycles. The molecule has 0 amide bonds. The van der Waals surface area contributed by atoms with Crippen LogP contribution in [0.5, 0.6) is 0 Å². The standard InChI is InChI=1S/C7H10O3.C4H6O3/c1-3-4-6(5(2)8)7(9)10;1-3(5)2-4(6)7/h3,6H,1,4H2,2H3,(H,9,10);2H2,1H3,(H,6,7). The van der Waals surface area contributed by atoms with Crippen molar-refractivity contribution in [2.45, 2.75) is 26.7 Å². The zero-order valence-electron chi connectivity index (χ0n) is 9.80. The summed E-state index contributed by atoms with van der Waals surface area (Å²) in [5, 5.41) is 16.3. The number of hydrogen-bond donors (Lipinski definition) is 2. The van der Waals surface area contributed by atoms with E-state index in [9.17, 15) is 19.2 Å². The number of Topliss-reactive ketones (excluding diaryl/α,β-unsaturated/α-hetero) is 2. The predicted molar refractivity (Wildman–Crippen MR) is 59.6 cm³/mol. The van der Waals surface area contributed by atoms with E-state index < -0.39 is 17.9 Å². The van der Waals surface area contributed by atoms with Gasteiger partial charge in [0, 0.05) is 0 Å². The molecule has 0 aliphatic heterocycles. The Kier molecular flexibility index (Phi) is 9.49. The number of ketones is 2. The van der Waals surface area contributed by atoms with E-state index in [1.807, 2.05) is 0 Å². The van der Waals surface area contributed by atoms with Crippen LogP contribution in [0.2, 0.25) is 0 Å². The Morgan fingerprint density at radius 1 is 1.18 bits per heavy atom. The first kappa shape index (κ1) is 17.4. The topological polar surface area (TPSA) is 109 Å². The normalized spacial score (nSPS) is 10.5. The molecule has 0 aliphatic rings. The largest absolute Gasteiger partial charge is 0.481 e. The summed E-state index contributed by atoms with van der Waals surface area (Å²) >= 11 is 0. The lowest BCUT2D eigenvalue weighted by atomic mass is 10.0. The molecule has 2 N–H and O–H groups in total. The van der Waals surface area contributed by atoms with Crippen LogP contribution in [0.4, 0.5) is 0 Å². The second kappa shape index (κ2) is 9.26. The SMILES string of the molecule is C=CCC(C(C)=O)C(=O)O.CC(=O)CC(=O)O. The minimum absolute atomic E-state index is 0.213. The van der Waals surface area contributed by atoms with Gasteiger partial charge in [-0.1, -0.05) is 6.08 Å². The van der Waals surface area contributed by atoms with Crippen LogP contribution in [0.25, 0.3) is 0 Å². The molecule has 6 heteroatoms. The first-order valence-electron chi connectivity index (χ1n) is 4.77. The Morgan fingerprint density at radius 2 is 1.65 bits per heavy atom. The smallest absolute Gasteiger partial charge is 0.314 e. The van der Waals surface area contributed by atoms with Crippen LogP contribution in [0, 0.1) is 5.92 Å². The maximum absolute atomic E-state index is 10.5. The van der Waals surface area contributed by atoms with Crippen LogP contribution in [0.15, 0.2) is 12.7 Å². The fourth-order valence-electron chi connectivity index (χ4n) is 0.820. The zero-order chi connectivity index (χ0) is 14.0. The summed E-state index contributed by atoms with van der Waals surface area (Å²) in [4.78, 5) is 40.3. The van der Waals surface area contributed by atoms with Crippen LogP contribution < -0.4 is 0 Å². The zero-order valence-corrected chi connectivity index (χ0v) is 9.80. The van der Waals surface area contributed by atoms with Gasteiger partial charge < -0.3 is 10.2 Å². The molecule has 1 unspecified atom stereocenters. The molecular formula is C11H16O6. The number of hydrogen-bond acceptors (Lipinski definition) is 4. The number of rotatable bonds is 6. The minimum atomic E-state index is -1.08. The van der Waals surface area contributed by atoms with Gasteiger partial charge in [0.25, 0.3) is 0 Å². The average molecular weight is 244 g/mol. The first-order valence-corrected chi connectivity index (χ1v) is 4.77. The monoisotopic (exact) mass is 244 g/mol. The van der Waals surface area contributed by atoms with Gasteiger partial charge in [-0.2, -0.15) is 0 Å². The molecule has 0 aliphatic carbocycles. The Bertz CT molecular complexity index is 292. The van der Waals surface area contributed by atoms with Crippen molar-refractivity contribution in [2.75, 3.05) is 0 Å².